The van der Waals surface area contributed by atoms with Crippen molar-refractivity contribution in [2.75, 3.05) is 20.1 Å². The molecule has 0 aromatic carbocycles. The van der Waals surface area contributed by atoms with Gasteiger partial charge in [-0.05, 0) is 25.8 Å². The molecule has 2 atom stereocenters. The summed E-state index contributed by atoms with van der Waals surface area (Å²) in [6.07, 6.45) is 7.27. The second kappa shape index (κ2) is 7.07. The Morgan fingerprint density at radius 3 is 3.15 bits per heavy atom. The van der Waals surface area contributed by atoms with E-state index in [1.165, 1.54) is 5.82 Å². The van der Waals surface area contributed by atoms with Gasteiger partial charge < -0.3 is 9.47 Å². The number of aryl methyl sites for hydroxylation is 1. The number of fused-ring (bicyclic) bond motifs is 1. The van der Waals surface area contributed by atoms with E-state index in [1.807, 2.05) is 12.4 Å². The normalized spacial score (nSPS) is 19.1. The van der Waals surface area contributed by atoms with Crippen LogP contribution in [0.3, 0.4) is 0 Å². The van der Waals surface area contributed by atoms with Crippen LogP contribution in [0.5, 0.6) is 0 Å². The van der Waals surface area contributed by atoms with Gasteiger partial charge in [0, 0.05) is 44.9 Å². The van der Waals surface area contributed by atoms with Gasteiger partial charge in [0.25, 0.3) is 0 Å². The fourth-order valence-electron chi connectivity index (χ4n) is 2.91. The molecule has 0 aliphatic carbocycles. The molecule has 0 bridgehead atoms. The topological polar surface area (TPSA) is 68.6 Å². The molecule has 5 heteroatoms. The fourth-order valence-corrected chi connectivity index (χ4v) is 2.91. The van der Waals surface area contributed by atoms with Crippen molar-refractivity contribution < 1.29 is 0 Å². The Morgan fingerprint density at radius 1 is 1.55 bits per heavy atom. The van der Waals surface area contributed by atoms with Crippen LogP contribution in [0, 0.1) is 34.5 Å². The summed E-state index contributed by atoms with van der Waals surface area (Å²) in [5, 5.41) is 17.7. The van der Waals surface area contributed by atoms with Crippen molar-refractivity contribution in [2.45, 2.75) is 32.2 Å². The standard InChI is InChI=1S/C15H21N5/c1-19(10-13(9-17)3-2-6-16)11-14-4-5-15-18-7-8-20(15)12-14/h7-8,13-14H,2-5,10-12H2,1H3/t13-,14+/m1/s1. The summed E-state index contributed by atoms with van der Waals surface area (Å²) in [6.45, 7) is 2.78. The Bertz CT molecular complexity index is 507. The molecule has 106 valence electrons. The zero-order chi connectivity index (χ0) is 14.4. The molecule has 1 aromatic rings. The van der Waals surface area contributed by atoms with Crippen LogP contribution in [0.15, 0.2) is 12.4 Å². The summed E-state index contributed by atoms with van der Waals surface area (Å²) >= 11 is 0. The minimum Gasteiger partial charge on any atom is -0.335 e. The van der Waals surface area contributed by atoms with Gasteiger partial charge in [-0.3, -0.25) is 0 Å². The van der Waals surface area contributed by atoms with E-state index in [9.17, 15) is 0 Å². The Kier molecular flexibility index (Phi) is 5.15. The van der Waals surface area contributed by atoms with Crippen molar-refractivity contribution in [1.29, 1.82) is 10.5 Å². The van der Waals surface area contributed by atoms with Crippen LogP contribution in [0.2, 0.25) is 0 Å². The highest BCUT2D eigenvalue weighted by atomic mass is 15.1. The number of aromatic nitrogens is 2. The van der Waals surface area contributed by atoms with Gasteiger partial charge in [0.1, 0.15) is 5.82 Å². The van der Waals surface area contributed by atoms with Crippen molar-refractivity contribution in [3.05, 3.63) is 18.2 Å². The quantitative estimate of drug-likeness (QED) is 0.791. The molecule has 0 unspecified atom stereocenters. The third-order valence-electron chi connectivity index (χ3n) is 3.92. The molecule has 0 spiro atoms. The van der Waals surface area contributed by atoms with Crippen molar-refractivity contribution in [3.63, 3.8) is 0 Å². The zero-order valence-electron chi connectivity index (χ0n) is 12.0. The Balaban J connectivity index is 1.79. The molecule has 0 saturated heterocycles. The molecule has 1 aliphatic heterocycles. The number of imidazole rings is 1. The fraction of sp³-hybridized carbons (Fsp3) is 0.667. The van der Waals surface area contributed by atoms with Crippen LogP contribution in [0.4, 0.5) is 0 Å². The second-order valence-corrected chi connectivity index (χ2v) is 5.64. The van der Waals surface area contributed by atoms with Crippen LogP contribution in [0.25, 0.3) is 0 Å². The van der Waals surface area contributed by atoms with Gasteiger partial charge in [0.15, 0.2) is 0 Å². The average Bonchev–Trinajstić information content (AvgIpc) is 2.90. The summed E-state index contributed by atoms with van der Waals surface area (Å²) in [4.78, 5) is 6.58. The van der Waals surface area contributed by atoms with Crippen molar-refractivity contribution in [2.24, 2.45) is 11.8 Å². The molecular weight excluding hydrogens is 250 g/mol. The SMILES string of the molecule is CN(C[C@@H](C#N)CCC#N)C[C@@H]1CCc2nccn2C1. The van der Waals surface area contributed by atoms with Gasteiger partial charge in [-0.15, -0.1) is 0 Å². The highest BCUT2D eigenvalue weighted by molar-refractivity contribution is 4.97. The van der Waals surface area contributed by atoms with Gasteiger partial charge in [0.2, 0.25) is 0 Å². The molecule has 2 heterocycles. The van der Waals surface area contributed by atoms with E-state index >= 15 is 0 Å². The smallest absolute Gasteiger partial charge is 0.108 e. The first kappa shape index (κ1) is 14.6. The molecule has 0 radical (unpaired) electrons. The maximum atomic E-state index is 9.11. The van der Waals surface area contributed by atoms with Crippen LogP contribution in [-0.2, 0) is 13.0 Å². The monoisotopic (exact) mass is 271 g/mol. The average molecular weight is 271 g/mol. The van der Waals surface area contributed by atoms with E-state index in [2.05, 4.69) is 33.6 Å². The minimum absolute atomic E-state index is 0.0351. The first-order chi connectivity index (χ1) is 9.72. The lowest BCUT2D eigenvalue weighted by atomic mass is 9.98. The molecule has 0 saturated carbocycles. The molecule has 0 fully saturated rings. The van der Waals surface area contributed by atoms with Gasteiger partial charge >= 0.3 is 0 Å². The third kappa shape index (κ3) is 3.82. The minimum atomic E-state index is -0.0351. The van der Waals surface area contributed by atoms with E-state index in [-0.39, 0.29) is 5.92 Å². The highest BCUT2D eigenvalue weighted by Gasteiger charge is 2.21. The molecule has 5 nitrogen and oxygen atoms in total. The second-order valence-electron chi connectivity index (χ2n) is 5.64. The molecular formula is C15H21N5. The molecule has 0 N–H and O–H groups in total. The zero-order valence-corrected chi connectivity index (χ0v) is 12.0. The Labute approximate surface area is 120 Å². The number of nitrogens with zero attached hydrogens (tertiary/aromatic N) is 5. The van der Waals surface area contributed by atoms with Gasteiger partial charge in [-0.1, -0.05) is 0 Å². The lowest BCUT2D eigenvalue weighted by molar-refractivity contribution is 0.218. The third-order valence-corrected chi connectivity index (χ3v) is 3.92. The van der Waals surface area contributed by atoms with Crippen LogP contribution in [-0.4, -0.2) is 34.6 Å². The Hall–Kier alpha value is -1.85. The van der Waals surface area contributed by atoms with Crippen LogP contribution < -0.4 is 0 Å². The Morgan fingerprint density at radius 2 is 2.40 bits per heavy atom. The lowest BCUT2D eigenvalue weighted by Gasteiger charge is -2.29. The number of rotatable bonds is 6. The summed E-state index contributed by atoms with van der Waals surface area (Å²) in [6, 6.07) is 4.42. The predicted octanol–water partition coefficient (Wildman–Crippen LogP) is 1.82. The van der Waals surface area contributed by atoms with E-state index in [1.54, 1.807) is 0 Å². The largest absolute Gasteiger partial charge is 0.335 e. The van der Waals surface area contributed by atoms with E-state index in [4.69, 9.17) is 10.5 Å². The first-order valence-electron chi connectivity index (χ1n) is 7.18. The molecule has 0 amide bonds. The van der Waals surface area contributed by atoms with E-state index < -0.39 is 0 Å². The molecule has 1 aromatic heterocycles. The summed E-state index contributed by atoms with van der Waals surface area (Å²) in [5.41, 5.74) is 0. The number of hydrogen-bond acceptors (Lipinski definition) is 4. The van der Waals surface area contributed by atoms with Crippen molar-refractivity contribution in [3.8, 4) is 12.1 Å². The maximum Gasteiger partial charge on any atom is 0.108 e. The van der Waals surface area contributed by atoms with Crippen molar-refractivity contribution in [1.82, 2.24) is 14.5 Å². The predicted molar refractivity (Wildman–Crippen MR) is 75.5 cm³/mol. The lowest BCUT2D eigenvalue weighted by Crippen LogP contribution is -2.34. The maximum absolute atomic E-state index is 9.11. The van der Waals surface area contributed by atoms with Crippen molar-refractivity contribution >= 4 is 0 Å². The highest BCUT2D eigenvalue weighted by Crippen LogP contribution is 2.20. The summed E-state index contributed by atoms with van der Waals surface area (Å²) in [5.74, 6) is 1.77. The summed E-state index contributed by atoms with van der Waals surface area (Å²) in [7, 11) is 2.07. The molecule has 2 rings (SSSR count). The first-order valence-corrected chi connectivity index (χ1v) is 7.18. The summed E-state index contributed by atoms with van der Waals surface area (Å²) < 4.78 is 2.24. The van der Waals surface area contributed by atoms with E-state index in [0.717, 1.165) is 32.5 Å². The molecule has 20 heavy (non-hydrogen) atoms. The number of hydrogen-bond donors (Lipinski definition) is 0. The molecule has 1 aliphatic rings. The van der Waals surface area contributed by atoms with Gasteiger partial charge in [-0.2, -0.15) is 10.5 Å². The number of nitriles is 2. The van der Waals surface area contributed by atoms with Crippen LogP contribution in [0.1, 0.15) is 25.1 Å². The van der Waals surface area contributed by atoms with Gasteiger partial charge in [-0.25, -0.2) is 4.98 Å². The van der Waals surface area contributed by atoms with E-state index in [0.29, 0.717) is 18.8 Å². The van der Waals surface area contributed by atoms with Crippen LogP contribution >= 0.6 is 0 Å². The van der Waals surface area contributed by atoms with Gasteiger partial charge in [0.05, 0.1) is 18.1 Å².